The lowest BCUT2D eigenvalue weighted by Gasteiger charge is -2.25. The number of nitrogens with two attached hydrogens (primary N) is 1. The number of carbonyl (C=O) groups is 2. The van der Waals surface area contributed by atoms with Gasteiger partial charge in [-0.2, -0.15) is 4.98 Å². The van der Waals surface area contributed by atoms with E-state index in [0.29, 0.717) is 88.7 Å². The number of rotatable bonds is 21. The number of amides is 1. The molecule has 4 aromatic heterocycles. The molecule has 0 fully saturated rings. The van der Waals surface area contributed by atoms with Crippen molar-refractivity contribution in [2.45, 2.75) is 19.9 Å². The van der Waals surface area contributed by atoms with Gasteiger partial charge >= 0.3 is 5.97 Å². The van der Waals surface area contributed by atoms with Crippen molar-refractivity contribution in [2.24, 2.45) is 5.73 Å². The standard InChI is InChI=1S/C41H41Cl2N13O5/c1-2-32-36(37(26-6-8-27(9-7-26)38(44)57)54-41(52-32)50-20-18-46-33-5-3-4-15-45-33)39(58)61-22-21-55(25-28-10-11-29(42)23-31(28)43)35-14-16-48-40(53-35)49-19-17-47-34-13-12-30(24-51-34)56(59)60/h3-16,23-24H,2,17-22,25H2,1H3,(H2,44,57)(H,45,46)(H,47,51)(H,48,49,53)(H,50,52,54). The number of ether oxygens (including phenoxy) is 1. The van der Waals surface area contributed by atoms with E-state index in [1.54, 1.807) is 54.9 Å². The summed E-state index contributed by atoms with van der Waals surface area (Å²) < 4.78 is 5.96. The van der Waals surface area contributed by atoms with Crippen molar-refractivity contribution >= 4 is 70.1 Å². The topological polar surface area (TPSA) is 241 Å². The number of esters is 1. The molecule has 0 saturated carbocycles. The molecule has 0 atom stereocenters. The zero-order chi connectivity index (χ0) is 43.1. The van der Waals surface area contributed by atoms with Crippen LogP contribution >= 0.6 is 23.2 Å². The van der Waals surface area contributed by atoms with Gasteiger partial charge in [0.2, 0.25) is 17.8 Å². The van der Waals surface area contributed by atoms with E-state index in [2.05, 4.69) is 41.2 Å². The molecule has 0 bridgehead atoms. The van der Waals surface area contributed by atoms with Gasteiger partial charge < -0.3 is 36.6 Å². The molecule has 1 amide bonds. The van der Waals surface area contributed by atoms with Gasteiger partial charge in [-0.1, -0.05) is 54.4 Å². The number of pyridine rings is 2. The minimum absolute atomic E-state index is 0.0641. The molecular formula is C41H41Cl2N13O5. The normalized spacial score (nSPS) is 10.7. The Balaban J connectivity index is 1.18. The van der Waals surface area contributed by atoms with Gasteiger partial charge in [-0.25, -0.2) is 29.7 Å². The first-order valence-electron chi connectivity index (χ1n) is 19.0. The number of halogens is 2. The van der Waals surface area contributed by atoms with Gasteiger partial charge in [0.05, 0.1) is 22.9 Å². The van der Waals surface area contributed by atoms with Crippen LogP contribution in [0, 0.1) is 10.1 Å². The summed E-state index contributed by atoms with van der Waals surface area (Å²) in [5, 5.41) is 24.6. The fourth-order valence-electron chi connectivity index (χ4n) is 5.91. The molecule has 6 N–H and O–H groups in total. The molecule has 6 rings (SSSR count). The van der Waals surface area contributed by atoms with Crippen LogP contribution in [-0.4, -0.2) is 86.0 Å². The van der Waals surface area contributed by atoms with E-state index >= 15 is 0 Å². The van der Waals surface area contributed by atoms with Crippen LogP contribution in [0.25, 0.3) is 11.3 Å². The first kappa shape index (κ1) is 43.4. The van der Waals surface area contributed by atoms with Crippen LogP contribution < -0.4 is 31.9 Å². The highest BCUT2D eigenvalue weighted by Gasteiger charge is 2.24. The van der Waals surface area contributed by atoms with Gasteiger partial charge in [-0.05, 0) is 60.5 Å². The Kier molecular flexibility index (Phi) is 15.1. The van der Waals surface area contributed by atoms with Crippen LogP contribution in [0.2, 0.25) is 10.0 Å². The van der Waals surface area contributed by atoms with Gasteiger partial charge in [-0.15, -0.1) is 0 Å². The van der Waals surface area contributed by atoms with Crippen LogP contribution in [0.15, 0.2) is 97.5 Å². The lowest BCUT2D eigenvalue weighted by molar-refractivity contribution is -0.385. The number of aryl methyl sites for hydroxylation is 1. The molecule has 314 valence electrons. The summed E-state index contributed by atoms with van der Waals surface area (Å²) in [7, 11) is 0. The Labute approximate surface area is 360 Å². The predicted octanol–water partition coefficient (Wildman–Crippen LogP) is 6.51. The molecule has 2 aromatic carbocycles. The molecule has 0 aliphatic carbocycles. The van der Waals surface area contributed by atoms with E-state index < -0.39 is 16.8 Å². The number of carbonyl (C=O) groups excluding carboxylic acids is 2. The van der Waals surface area contributed by atoms with Crippen LogP contribution in [-0.2, 0) is 17.7 Å². The molecule has 0 radical (unpaired) electrons. The number of primary amides is 1. The van der Waals surface area contributed by atoms with Crippen molar-refractivity contribution in [3.8, 4) is 11.3 Å². The Morgan fingerprint density at radius 2 is 1.56 bits per heavy atom. The maximum absolute atomic E-state index is 14.1. The summed E-state index contributed by atoms with van der Waals surface area (Å²) in [6.07, 6.45) is 4.87. The van der Waals surface area contributed by atoms with Crippen LogP contribution in [0.4, 0.5) is 35.0 Å². The van der Waals surface area contributed by atoms with Crippen molar-refractivity contribution in [3.63, 3.8) is 0 Å². The molecule has 6 aromatic rings. The zero-order valence-corrected chi connectivity index (χ0v) is 34.4. The van der Waals surface area contributed by atoms with Crippen molar-refractivity contribution in [2.75, 3.05) is 65.5 Å². The number of nitrogens with one attached hydrogen (secondary N) is 4. The fourth-order valence-corrected chi connectivity index (χ4v) is 6.38. The second-order valence-electron chi connectivity index (χ2n) is 13.1. The SMILES string of the molecule is CCc1nc(NCCNc2ccccn2)nc(-c2ccc(C(N)=O)cc2)c1C(=O)OCCN(Cc1ccc(Cl)cc1Cl)c1ccnc(NCCNc2ccc([N+](=O)[O-])cn2)n1. The van der Waals surface area contributed by atoms with E-state index in [1.807, 2.05) is 36.1 Å². The number of nitrogens with zero attached hydrogens (tertiary/aromatic N) is 8. The van der Waals surface area contributed by atoms with Crippen molar-refractivity contribution in [1.82, 2.24) is 29.9 Å². The largest absolute Gasteiger partial charge is 0.460 e. The second kappa shape index (κ2) is 21.2. The molecule has 0 unspecified atom stereocenters. The predicted molar refractivity (Wildman–Crippen MR) is 234 cm³/mol. The summed E-state index contributed by atoms with van der Waals surface area (Å²) in [5.41, 5.74) is 7.99. The third kappa shape index (κ3) is 12.2. The minimum Gasteiger partial charge on any atom is -0.460 e. The molecule has 4 heterocycles. The van der Waals surface area contributed by atoms with Gasteiger partial charge in [0.15, 0.2) is 0 Å². The molecule has 0 aliphatic rings. The highest BCUT2D eigenvalue weighted by atomic mass is 35.5. The zero-order valence-electron chi connectivity index (χ0n) is 32.8. The number of hydrogen-bond donors (Lipinski definition) is 5. The third-order valence-corrected chi connectivity index (χ3v) is 9.54. The molecular weight excluding hydrogens is 825 g/mol. The lowest BCUT2D eigenvalue weighted by atomic mass is 10.0. The lowest BCUT2D eigenvalue weighted by Crippen LogP contribution is -2.29. The van der Waals surface area contributed by atoms with Gasteiger partial charge in [0, 0.05) is 72.4 Å². The summed E-state index contributed by atoms with van der Waals surface area (Å²) >= 11 is 12.8. The minimum atomic E-state index is -0.640. The Bertz CT molecular complexity index is 2450. The first-order valence-corrected chi connectivity index (χ1v) is 19.8. The molecule has 0 saturated heterocycles. The van der Waals surface area contributed by atoms with E-state index in [9.17, 15) is 19.7 Å². The van der Waals surface area contributed by atoms with Gasteiger partial charge in [0.25, 0.3) is 5.69 Å². The quantitative estimate of drug-likeness (QED) is 0.0224. The highest BCUT2D eigenvalue weighted by Crippen LogP contribution is 2.28. The fraction of sp³-hybridized carbons (Fsp3) is 0.220. The van der Waals surface area contributed by atoms with Crippen LogP contribution in [0.1, 0.15) is 38.9 Å². The maximum Gasteiger partial charge on any atom is 0.342 e. The molecule has 18 nitrogen and oxygen atoms in total. The average molecular weight is 867 g/mol. The molecule has 0 aliphatic heterocycles. The van der Waals surface area contributed by atoms with Gasteiger partial charge in [-0.3, -0.25) is 14.9 Å². The maximum atomic E-state index is 14.1. The summed E-state index contributed by atoms with van der Waals surface area (Å²) in [4.78, 5) is 65.1. The van der Waals surface area contributed by atoms with E-state index in [4.69, 9.17) is 43.6 Å². The van der Waals surface area contributed by atoms with Gasteiger partial charge in [0.1, 0.15) is 35.8 Å². The highest BCUT2D eigenvalue weighted by molar-refractivity contribution is 6.35. The van der Waals surface area contributed by atoms with Crippen LogP contribution in [0.3, 0.4) is 0 Å². The number of benzene rings is 2. The van der Waals surface area contributed by atoms with Crippen LogP contribution in [0.5, 0.6) is 0 Å². The summed E-state index contributed by atoms with van der Waals surface area (Å²) in [6, 6.07) is 21.9. The number of aromatic nitrogens is 6. The Morgan fingerprint density at radius 1 is 0.820 bits per heavy atom. The molecule has 0 spiro atoms. The number of hydrogen-bond acceptors (Lipinski definition) is 16. The molecule has 61 heavy (non-hydrogen) atoms. The summed E-state index contributed by atoms with van der Waals surface area (Å²) in [6.45, 7) is 4.09. The monoisotopic (exact) mass is 865 g/mol. The van der Waals surface area contributed by atoms with E-state index in [-0.39, 0.29) is 30.9 Å². The second-order valence-corrected chi connectivity index (χ2v) is 14.0. The van der Waals surface area contributed by atoms with Crippen molar-refractivity contribution < 1.29 is 19.2 Å². The first-order chi connectivity index (χ1) is 29.6. The average Bonchev–Trinajstić information content (AvgIpc) is 3.27. The van der Waals surface area contributed by atoms with E-state index in [0.717, 1.165) is 11.4 Å². The van der Waals surface area contributed by atoms with E-state index in [1.165, 1.54) is 18.3 Å². The Morgan fingerprint density at radius 3 is 2.21 bits per heavy atom. The Hall–Kier alpha value is -7.18. The summed E-state index contributed by atoms with van der Waals surface area (Å²) in [5.74, 6) is 1.14. The third-order valence-electron chi connectivity index (χ3n) is 8.95. The smallest absolute Gasteiger partial charge is 0.342 e. The number of nitro groups is 1. The number of anilines is 5. The molecule has 20 heteroatoms. The van der Waals surface area contributed by atoms with Crippen molar-refractivity contribution in [1.29, 1.82) is 0 Å². The van der Waals surface area contributed by atoms with Crippen molar-refractivity contribution in [3.05, 3.63) is 140 Å².